The monoisotopic (exact) mass is 434 g/mol. The second-order valence-corrected chi connectivity index (χ2v) is 10.0. The van der Waals surface area contributed by atoms with Crippen LogP contribution in [0.5, 0.6) is 0 Å². The standard InChI is InChI=1S/C10Br2N2O2S3/c11-9-3(1-13)7-5(17-9)6-8(19(7,15)16)4(2-14)10(12)18-6. The molecule has 0 amide bonds. The lowest BCUT2D eigenvalue weighted by Gasteiger charge is -1.97. The Hall–Kier alpha value is -0.710. The molecule has 2 aromatic heterocycles. The molecule has 0 fully saturated rings. The van der Waals surface area contributed by atoms with E-state index in [2.05, 4.69) is 31.9 Å². The smallest absolute Gasteiger partial charge is 0.212 e. The average Bonchev–Trinajstić information content (AvgIpc) is 2.91. The van der Waals surface area contributed by atoms with Gasteiger partial charge in [0, 0.05) is 0 Å². The van der Waals surface area contributed by atoms with E-state index < -0.39 is 9.84 Å². The first kappa shape index (κ1) is 13.3. The summed E-state index contributed by atoms with van der Waals surface area (Å²) in [5, 5.41) is 18.2. The third kappa shape index (κ3) is 1.54. The van der Waals surface area contributed by atoms with Gasteiger partial charge in [-0.2, -0.15) is 10.5 Å². The quantitative estimate of drug-likeness (QED) is 0.536. The summed E-state index contributed by atoms with van der Waals surface area (Å²) in [5.74, 6) is 0. The summed E-state index contributed by atoms with van der Waals surface area (Å²) in [4.78, 5) is 1.12. The van der Waals surface area contributed by atoms with Crippen LogP contribution in [0.1, 0.15) is 11.1 Å². The van der Waals surface area contributed by atoms with Crippen LogP contribution in [0, 0.1) is 22.7 Å². The van der Waals surface area contributed by atoms with Gasteiger partial charge in [0.25, 0.3) is 0 Å². The maximum atomic E-state index is 12.5. The van der Waals surface area contributed by atoms with Gasteiger partial charge in [0.05, 0.1) is 28.5 Å². The molecule has 0 N–H and O–H groups in total. The highest BCUT2D eigenvalue weighted by Crippen LogP contribution is 2.56. The minimum atomic E-state index is -3.79. The van der Waals surface area contributed by atoms with Crippen molar-refractivity contribution in [2.24, 2.45) is 0 Å². The number of nitrogens with zero attached hydrogens (tertiary/aromatic N) is 2. The lowest BCUT2D eigenvalue weighted by atomic mass is 10.3. The van der Waals surface area contributed by atoms with Crippen molar-refractivity contribution < 1.29 is 8.42 Å². The Kier molecular flexibility index (Phi) is 2.89. The predicted octanol–water partition coefficient (Wildman–Crippen LogP) is 3.89. The Morgan fingerprint density at radius 3 is 1.58 bits per heavy atom. The molecular weight excluding hydrogens is 436 g/mol. The van der Waals surface area contributed by atoms with E-state index in [1.54, 1.807) is 0 Å². The van der Waals surface area contributed by atoms with Gasteiger partial charge in [0.2, 0.25) is 9.84 Å². The first-order chi connectivity index (χ1) is 8.93. The highest BCUT2D eigenvalue weighted by Gasteiger charge is 2.43. The predicted molar refractivity (Wildman–Crippen MR) is 77.9 cm³/mol. The number of hydrogen-bond donors (Lipinski definition) is 0. The molecule has 3 rings (SSSR count). The van der Waals surface area contributed by atoms with Crippen molar-refractivity contribution in [1.82, 2.24) is 0 Å². The maximum absolute atomic E-state index is 12.5. The van der Waals surface area contributed by atoms with Crippen LogP contribution in [0.2, 0.25) is 0 Å². The van der Waals surface area contributed by atoms with Crippen LogP contribution in [-0.2, 0) is 9.84 Å². The van der Waals surface area contributed by atoms with E-state index in [9.17, 15) is 8.42 Å². The molecule has 9 heteroatoms. The van der Waals surface area contributed by atoms with Crippen LogP contribution in [-0.4, -0.2) is 8.42 Å². The minimum absolute atomic E-state index is 0.0251. The lowest BCUT2D eigenvalue weighted by Crippen LogP contribution is -1.99. The van der Waals surface area contributed by atoms with Gasteiger partial charge in [-0.3, -0.25) is 0 Å². The molecule has 94 valence electrons. The summed E-state index contributed by atoms with van der Waals surface area (Å²) in [6.07, 6.45) is 0. The molecule has 0 bridgehead atoms. The summed E-state index contributed by atoms with van der Waals surface area (Å²) in [6, 6.07) is 3.80. The van der Waals surface area contributed by atoms with Gasteiger partial charge in [0.15, 0.2) is 0 Å². The van der Waals surface area contributed by atoms with Crippen LogP contribution < -0.4 is 0 Å². The molecule has 4 nitrogen and oxygen atoms in total. The van der Waals surface area contributed by atoms with Crippen molar-refractivity contribution in [2.75, 3.05) is 0 Å². The number of rotatable bonds is 0. The fourth-order valence-electron chi connectivity index (χ4n) is 1.88. The zero-order valence-corrected chi connectivity index (χ0v) is 14.3. The number of sulfone groups is 1. The second kappa shape index (κ2) is 4.14. The Morgan fingerprint density at radius 1 is 0.895 bits per heavy atom. The third-order valence-corrected chi connectivity index (χ3v) is 8.64. The van der Waals surface area contributed by atoms with E-state index in [-0.39, 0.29) is 20.9 Å². The third-order valence-electron chi connectivity index (χ3n) is 2.61. The lowest BCUT2D eigenvalue weighted by molar-refractivity contribution is 0.598. The molecule has 0 saturated carbocycles. The molecule has 0 atom stereocenters. The molecule has 0 saturated heterocycles. The van der Waals surface area contributed by atoms with Crippen molar-refractivity contribution in [3.05, 3.63) is 18.7 Å². The summed E-state index contributed by atoms with van der Waals surface area (Å²) in [5.41, 5.74) is 0.229. The van der Waals surface area contributed by atoms with Gasteiger partial charge in [-0.25, -0.2) is 8.42 Å². The van der Waals surface area contributed by atoms with Crippen molar-refractivity contribution >= 4 is 64.4 Å². The Bertz CT molecular complexity index is 855. The highest BCUT2D eigenvalue weighted by atomic mass is 79.9. The van der Waals surface area contributed by atoms with Crippen LogP contribution in [0.3, 0.4) is 0 Å². The average molecular weight is 436 g/mol. The molecule has 1 aliphatic rings. The van der Waals surface area contributed by atoms with E-state index in [0.717, 1.165) is 0 Å². The maximum Gasteiger partial charge on any atom is 0.212 e. The fourth-order valence-corrected chi connectivity index (χ4v) is 8.47. The van der Waals surface area contributed by atoms with Gasteiger partial charge >= 0.3 is 0 Å². The van der Waals surface area contributed by atoms with E-state index in [0.29, 0.717) is 17.3 Å². The normalized spacial score (nSPS) is 14.5. The Balaban J connectivity index is 2.54. The molecule has 0 unspecified atom stereocenters. The molecule has 1 aliphatic heterocycles. The molecule has 3 heterocycles. The Morgan fingerprint density at radius 2 is 1.26 bits per heavy atom. The second-order valence-electron chi connectivity index (χ2n) is 3.55. The molecule has 19 heavy (non-hydrogen) atoms. The number of halogens is 2. The van der Waals surface area contributed by atoms with Gasteiger partial charge in [-0.1, -0.05) is 0 Å². The van der Waals surface area contributed by atoms with Gasteiger partial charge < -0.3 is 0 Å². The van der Waals surface area contributed by atoms with E-state index in [4.69, 9.17) is 10.5 Å². The van der Waals surface area contributed by atoms with E-state index in [1.165, 1.54) is 22.7 Å². The SMILES string of the molecule is N#Cc1c(Br)sc2c1S(=O)(=O)c1c-2sc(Br)c1C#N. The summed E-state index contributed by atoms with van der Waals surface area (Å²) in [7, 11) is -3.79. The summed E-state index contributed by atoms with van der Waals surface area (Å²) < 4.78 is 26.1. The molecule has 0 aromatic carbocycles. The fraction of sp³-hybridized carbons (Fsp3) is 0. The van der Waals surface area contributed by atoms with Crippen LogP contribution >= 0.6 is 54.5 Å². The highest BCUT2D eigenvalue weighted by molar-refractivity contribution is 9.11. The van der Waals surface area contributed by atoms with Crippen molar-refractivity contribution in [3.63, 3.8) is 0 Å². The van der Waals surface area contributed by atoms with E-state index >= 15 is 0 Å². The first-order valence-corrected chi connectivity index (χ1v) is 9.34. The zero-order chi connectivity index (χ0) is 13.9. The Labute approximate surface area is 133 Å². The number of nitriles is 2. The summed E-state index contributed by atoms with van der Waals surface area (Å²) >= 11 is 8.82. The van der Waals surface area contributed by atoms with Crippen LogP contribution in [0.4, 0.5) is 0 Å². The molecular formula is C10Br2N2O2S3. The molecule has 0 radical (unpaired) electrons. The zero-order valence-electron chi connectivity index (χ0n) is 8.69. The summed E-state index contributed by atoms with van der Waals surface area (Å²) in [6.45, 7) is 0. The topological polar surface area (TPSA) is 81.7 Å². The van der Waals surface area contributed by atoms with Crippen LogP contribution in [0.15, 0.2) is 17.4 Å². The minimum Gasteiger partial charge on any atom is -0.218 e. The van der Waals surface area contributed by atoms with Gasteiger partial charge in [-0.15, -0.1) is 22.7 Å². The largest absolute Gasteiger partial charge is 0.218 e. The van der Waals surface area contributed by atoms with Crippen molar-refractivity contribution in [1.29, 1.82) is 10.5 Å². The van der Waals surface area contributed by atoms with E-state index in [1.807, 2.05) is 12.1 Å². The molecule has 0 aliphatic carbocycles. The molecule has 2 aromatic rings. The van der Waals surface area contributed by atoms with Gasteiger partial charge in [0.1, 0.15) is 21.9 Å². The van der Waals surface area contributed by atoms with Crippen molar-refractivity contribution in [3.8, 4) is 21.9 Å². The van der Waals surface area contributed by atoms with Gasteiger partial charge in [-0.05, 0) is 31.9 Å². The first-order valence-electron chi connectivity index (χ1n) is 4.63. The number of hydrogen-bond acceptors (Lipinski definition) is 6. The molecule has 0 spiro atoms. The van der Waals surface area contributed by atoms with Crippen molar-refractivity contribution in [2.45, 2.75) is 9.79 Å². The number of thiophene rings is 2. The number of fused-ring (bicyclic) bond motifs is 3. The van der Waals surface area contributed by atoms with Crippen LogP contribution in [0.25, 0.3) is 9.75 Å².